The fourth-order valence-electron chi connectivity index (χ4n) is 2.37. The first-order chi connectivity index (χ1) is 10.3. The molecule has 1 atom stereocenters. The van der Waals surface area contributed by atoms with Crippen molar-refractivity contribution in [1.82, 2.24) is 15.5 Å². The van der Waals surface area contributed by atoms with Crippen LogP contribution in [0.1, 0.15) is 13.3 Å². The van der Waals surface area contributed by atoms with Crippen LogP contribution >= 0.6 is 11.8 Å². The van der Waals surface area contributed by atoms with Gasteiger partial charge in [-0.15, -0.1) is 11.8 Å². The Morgan fingerprint density at radius 1 is 1.33 bits per heavy atom. The lowest BCUT2D eigenvalue weighted by molar-refractivity contribution is -0.120. The van der Waals surface area contributed by atoms with Crippen LogP contribution in [0, 0.1) is 0 Å². The van der Waals surface area contributed by atoms with E-state index in [1.54, 1.807) is 11.8 Å². The molecule has 1 fully saturated rings. The first-order valence-corrected chi connectivity index (χ1v) is 8.60. The number of nitrogens with zero attached hydrogens (tertiary/aromatic N) is 1. The van der Waals surface area contributed by atoms with E-state index in [1.165, 1.54) is 0 Å². The number of piperazine rings is 1. The smallest absolute Gasteiger partial charge is 0.233 e. The van der Waals surface area contributed by atoms with Crippen LogP contribution < -0.4 is 10.6 Å². The molecule has 0 aliphatic carbocycles. The Kier molecular flexibility index (Phi) is 7.06. The maximum absolute atomic E-state index is 12.3. The summed E-state index contributed by atoms with van der Waals surface area (Å²) < 4.78 is 0. The van der Waals surface area contributed by atoms with Crippen LogP contribution in [0.3, 0.4) is 0 Å². The maximum atomic E-state index is 12.3. The largest absolute Gasteiger partial charge is 0.354 e. The van der Waals surface area contributed by atoms with Crippen molar-refractivity contribution in [2.75, 3.05) is 39.3 Å². The van der Waals surface area contributed by atoms with Gasteiger partial charge in [-0.2, -0.15) is 0 Å². The van der Waals surface area contributed by atoms with Gasteiger partial charge in [-0.3, -0.25) is 9.69 Å². The Labute approximate surface area is 131 Å². The maximum Gasteiger partial charge on any atom is 0.233 e. The molecule has 1 amide bonds. The van der Waals surface area contributed by atoms with Gasteiger partial charge in [0.05, 0.1) is 5.25 Å². The van der Waals surface area contributed by atoms with Gasteiger partial charge in [0, 0.05) is 44.2 Å². The van der Waals surface area contributed by atoms with Gasteiger partial charge in [0.2, 0.25) is 5.91 Å². The van der Waals surface area contributed by atoms with Gasteiger partial charge < -0.3 is 10.6 Å². The van der Waals surface area contributed by atoms with Crippen LogP contribution in [0.15, 0.2) is 35.2 Å². The molecule has 1 aliphatic rings. The molecule has 1 aromatic rings. The van der Waals surface area contributed by atoms with Crippen molar-refractivity contribution in [3.63, 3.8) is 0 Å². The molecule has 2 N–H and O–H groups in total. The number of amides is 1. The van der Waals surface area contributed by atoms with E-state index in [0.29, 0.717) is 0 Å². The van der Waals surface area contributed by atoms with Gasteiger partial charge in [0.1, 0.15) is 0 Å². The minimum absolute atomic E-state index is 0.00424. The predicted molar refractivity (Wildman–Crippen MR) is 88.7 cm³/mol. The summed E-state index contributed by atoms with van der Waals surface area (Å²) in [6.07, 6.45) is 0.846. The van der Waals surface area contributed by atoms with Gasteiger partial charge >= 0.3 is 0 Å². The minimum atomic E-state index is -0.00424. The number of carbonyl (C=O) groups excluding carboxylic acids is 1. The normalized spacial score (nSPS) is 17.4. The lowest BCUT2D eigenvalue weighted by Gasteiger charge is -2.27. The van der Waals surface area contributed by atoms with Crippen LogP contribution in [0.25, 0.3) is 0 Å². The standard InChI is InChI=1S/C16H25N3OS/c1-2-15(21-14-6-4-3-5-7-14)16(20)18-10-13-19-11-8-17-9-12-19/h3-7,15,17H,2,8-13H2,1H3,(H,18,20). The minimum Gasteiger partial charge on any atom is -0.354 e. The van der Waals surface area contributed by atoms with E-state index in [0.717, 1.165) is 50.6 Å². The third-order valence-corrected chi connectivity index (χ3v) is 5.00. The van der Waals surface area contributed by atoms with Crippen molar-refractivity contribution >= 4 is 17.7 Å². The third-order valence-electron chi connectivity index (χ3n) is 3.62. The second-order valence-electron chi connectivity index (χ2n) is 5.21. The number of rotatable bonds is 7. The summed E-state index contributed by atoms with van der Waals surface area (Å²) >= 11 is 1.65. The number of carbonyl (C=O) groups is 1. The summed E-state index contributed by atoms with van der Waals surface area (Å²) in [7, 11) is 0. The van der Waals surface area contributed by atoms with Crippen LogP contribution in [-0.2, 0) is 4.79 Å². The SMILES string of the molecule is CCC(Sc1ccccc1)C(=O)NCCN1CCNCC1. The van der Waals surface area contributed by atoms with Gasteiger partial charge in [0.25, 0.3) is 0 Å². The van der Waals surface area contributed by atoms with Crippen molar-refractivity contribution in [3.05, 3.63) is 30.3 Å². The molecule has 0 radical (unpaired) electrons. The van der Waals surface area contributed by atoms with E-state index >= 15 is 0 Å². The molecule has 1 saturated heterocycles. The molecule has 2 rings (SSSR count). The highest BCUT2D eigenvalue weighted by atomic mass is 32.2. The highest BCUT2D eigenvalue weighted by Crippen LogP contribution is 2.24. The molecular weight excluding hydrogens is 282 g/mol. The Morgan fingerprint density at radius 3 is 2.71 bits per heavy atom. The van der Waals surface area contributed by atoms with Crippen molar-refractivity contribution in [1.29, 1.82) is 0 Å². The van der Waals surface area contributed by atoms with Crippen molar-refractivity contribution in [2.24, 2.45) is 0 Å². The lowest BCUT2D eigenvalue weighted by Crippen LogP contribution is -2.46. The zero-order chi connectivity index (χ0) is 14.9. The number of benzene rings is 1. The van der Waals surface area contributed by atoms with Crippen molar-refractivity contribution in [3.8, 4) is 0 Å². The Balaban J connectivity index is 1.72. The zero-order valence-electron chi connectivity index (χ0n) is 12.7. The van der Waals surface area contributed by atoms with Crippen LogP contribution in [0.4, 0.5) is 0 Å². The van der Waals surface area contributed by atoms with Gasteiger partial charge in [0.15, 0.2) is 0 Å². The van der Waals surface area contributed by atoms with Gasteiger partial charge in [-0.25, -0.2) is 0 Å². The summed E-state index contributed by atoms with van der Waals surface area (Å²) in [6, 6.07) is 10.1. The van der Waals surface area contributed by atoms with E-state index in [-0.39, 0.29) is 11.2 Å². The van der Waals surface area contributed by atoms with Gasteiger partial charge in [-0.05, 0) is 18.6 Å². The Bertz CT molecular complexity index is 421. The average Bonchev–Trinajstić information content (AvgIpc) is 2.54. The quantitative estimate of drug-likeness (QED) is 0.751. The molecule has 0 aromatic heterocycles. The zero-order valence-corrected chi connectivity index (χ0v) is 13.5. The van der Waals surface area contributed by atoms with E-state index < -0.39 is 0 Å². The highest BCUT2D eigenvalue weighted by Gasteiger charge is 2.17. The molecule has 0 saturated carbocycles. The molecule has 0 bridgehead atoms. The molecule has 1 unspecified atom stereocenters. The van der Waals surface area contributed by atoms with E-state index in [2.05, 4.69) is 34.6 Å². The first kappa shape index (κ1) is 16.3. The number of hydrogen-bond acceptors (Lipinski definition) is 4. The second-order valence-corrected chi connectivity index (χ2v) is 6.49. The van der Waals surface area contributed by atoms with Crippen molar-refractivity contribution in [2.45, 2.75) is 23.5 Å². The number of hydrogen-bond donors (Lipinski definition) is 2. The van der Waals surface area contributed by atoms with Crippen LogP contribution in [-0.4, -0.2) is 55.3 Å². The summed E-state index contributed by atoms with van der Waals surface area (Å²) in [5.41, 5.74) is 0. The first-order valence-electron chi connectivity index (χ1n) is 7.72. The van der Waals surface area contributed by atoms with E-state index in [9.17, 15) is 4.79 Å². The highest BCUT2D eigenvalue weighted by molar-refractivity contribution is 8.00. The second kappa shape index (κ2) is 9.07. The Morgan fingerprint density at radius 2 is 2.05 bits per heavy atom. The molecule has 4 nitrogen and oxygen atoms in total. The summed E-state index contributed by atoms with van der Waals surface area (Å²) in [5, 5.41) is 6.41. The monoisotopic (exact) mass is 307 g/mol. The van der Waals surface area contributed by atoms with Crippen molar-refractivity contribution < 1.29 is 4.79 Å². The molecule has 1 heterocycles. The summed E-state index contributed by atoms with van der Waals surface area (Å²) in [5.74, 6) is 0.154. The van der Waals surface area contributed by atoms with Crippen LogP contribution in [0.2, 0.25) is 0 Å². The summed E-state index contributed by atoms with van der Waals surface area (Å²) in [6.45, 7) is 8.00. The van der Waals surface area contributed by atoms with E-state index in [1.807, 2.05) is 18.2 Å². The molecule has 1 aliphatic heterocycles. The lowest BCUT2D eigenvalue weighted by atomic mass is 10.3. The topological polar surface area (TPSA) is 44.4 Å². The van der Waals surface area contributed by atoms with Crippen LogP contribution in [0.5, 0.6) is 0 Å². The molecule has 1 aromatic carbocycles. The molecule has 21 heavy (non-hydrogen) atoms. The molecule has 0 spiro atoms. The third kappa shape index (κ3) is 5.69. The Hall–Kier alpha value is -1.04. The molecular formula is C16H25N3OS. The summed E-state index contributed by atoms with van der Waals surface area (Å²) in [4.78, 5) is 15.8. The predicted octanol–water partition coefficient (Wildman–Crippen LogP) is 1.58. The number of thioether (sulfide) groups is 1. The van der Waals surface area contributed by atoms with Gasteiger partial charge in [-0.1, -0.05) is 25.1 Å². The average molecular weight is 307 g/mol. The molecule has 5 heteroatoms. The fourth-order valence-corrected chi connectivity index (χ4v) is 3.37. The van der Waals surface area contributed by atoms with E-state index in [4.69, 9.17) is 0 Å². The molecule has 116 valence electrons. The number of nitrogens with one attached hydrogen (secondary N) is 2. The fraction of sp³-hybridized carbons (Fsp3) is 0.562.